The Labute approximate surface area is 124 Å². The summed E-state index contributed by atoms with van der Waals surface area (Å²) in [5.41, 5.74) is 3.25. The molecule has 0 fully saturated rings. The molecule has 1 atom stereocenters. The molecule has 0 radical (unpaired) electrons. The topological polar surface area (TPSA) is 34.2 Å². The molecule has 1 N–H and O–H groups in total. The normalized spacial score (nSPS) is 12.2. The Kier molecular flexibility index (Phi) is 4.99. The molecule has 0 aliphatic heterocycles. The van der Waals surface area contributed by atoms with Gasteiger partial charge in [-0.05, 0) is 42.8 Å². The van der Waals surface area contributed by atoms with Gasteiger partial charge in [-0.15, -0.1) is 0 Å². The van der Waals surface area contributed by atoms with Crippen molar-refractivity contribution < 1.29 is 4.74 Å². The molecule has 0 saturated carbocycles. The summed E-state index contributed by atoms with van der Waals surface area (Å²) in [5.74, 6) is 0.687. The van der Waals surface area contributed by atoms with Gasteiger partial charge in [-0.25, -0.2) is 0 Å². The number of benzene rings is 1. The lowest BCUT2D eigenvalue weighted by atomic mass is 9.99. The molecule has 2 rings (SSSR count). The predicted molar refractivity (Wildman–Crippen MR) is 82.5 cm³/mol. The van der Waals surface area contributed by atoms with Crippen LogP contribution in [0.2, 0.25) is 5.02 Å². The van der Waals surface area contributed by atoms with Gasteiger partial charge in [0, 0.05) is 11.9 Å². The highest BCUT2D eigenvalue weighted by Crippen LogP contribution is 2.30. The van der Waals surface area contributed by atoms with Crippen molar-refractivity contribution in [3.05, 3.63) is 58.4 Å². The van der Waals surface area contributed by atoms with Crippen LogP contribution in [0, 0.1) is 6.92 Å². The van der Waals surface area contributed by atoms with Crippen LogP contribution in [0.25, 0.3) is 0 Å². The number of rotatable bonds is 5. The molecule has 0 aliphatic carbocycles. The van der Waals surface area contributed by atoms with Gasteiger partial charge < -0.3 is 10.1 Å². The minimum Gasteiger partial charge on any atom is -0.495 e. The summed E-state index contributed by atoms with van der Waals surface area (Å²) < 4.78 is 5.29. The van der Waals surface area contributed by atoms with E-state index in [1.807, 2.05) is 37.4 Å². The number of pyridine rings is 1. The van der Waals surface area contributed by atoms with Gasteiger partial charge in [0.05, 0.1) is 18.2 Å². The van der Waals surface area contributed by atoms with E-state index in [2.05, 4.69) is 23.3 Å². The van der Waals surface area contributed by atoms with Crippen LogP contribution in [0.3, 0.4) is 0 Å². The zero-order valence-corrected chi connectivity index (χ0v) is 12.7. The molecule has 0 bridgehead atoms. The number of ether oxygens (including phenoxy) is 1. The quantitative estimate of drug-likeness (QED) is 0.910. The summed E-state index contributed by atoms with van der Waals surface area (Å²) in [6, 6.07) is 10.0. The Morgan fingerprint density at radius 2 is 2.00 bits per heavy atom. The van der Waals surface area contributed by atoms with Crippen molar-refractivity contribution in [1.29, 1.82) is 0 Å². The second kappa shape index (κ2) is 6.73. The minimum atomic E-state index is 0.0827. The van der Waals surface area contributed by atoms with E-state index in [0.29, 0.717) is 10.8 Å². The van der Waals surface area contributed by atoms with Crippen LogP contribution >= 0.6 is 11.6 Å². The van der Waals surface area contributed by atoms with Gasteiger partial charge in [0.25, 0.3) is 0 Å². The molecule has 1 aromatic carbocycles. The monoisotopic (exact) mass is 290 g/mol. The summed E-state index contributed by atoms with van der Waals surface area (Å²) in [6.07, 6.45) is 1.91. The summed E-state index contributed by atoms with van der Waals surface area (Å²) in [6.45, 7) is 4.93. The van der Waals surface area contributed by atoms with E-state index in [4.69, 9.17) is 16.3 Å². The Bertz CT molecular complexity index is 569. The SMILES string of the molecule is CCNC(c1ccc(C)nc1)c1ccc(Cl)c(OC)c1. The second-order valence-corrected chi connectivity index (χ2v) is 5.02. The number of aryl methyl sites for hydroxylation is 1. The number of hydrogen-bond acceptors (Lipinski definition) is 3. The molecule has 106 valence electrons. The summed E-state index contributed by atoms with van der Waals surface area (Å²) >= 11 is 6.09. The fourth-order valence-corrected chi connectivity index (χ4v) is 2.33. The second-order valence-electron chi connectivity index (χ2n) is 4.62. The summed E-state index contributed by atoms with van der Waals surface area (Å²) in [4.78, 5) is 4.37. The first kappa shape index (κ1) is 14.8. The van der Waals surface area contributed by atoms with Gasteiger partial charge in [-0.1, -0.05) is 30.7 Å². The van der Waals surface area contributed by atoms with Gasteiger partial charge >= 0.3 is 0 Å². The van der Waals surface area contributed by atoms with E-state index >= 15 is 0 Å². The zero-order chi connectivity index (χ0) is 14.5. The smallest absolute Gasteiger partial charge is 0.137 e. The average Bonchev–Trinajstić information content (AvgIpc) is 2.47. The summed E-state index contributed by atoms with van der Waals surface area (Å²) in [7, 11) is 1.63. The van der Waals surface area contributed by atoms with E-state index in [1.165, 1.54) is 0 Å². The van der Waals surface area contributed by atoms with Crippen LogP contribution in [0.1, 0.15) is 29.8 Å². The van der Waals surface area contributed by atoms with Crippen molar-refractivity contribution in [2.24, 2.45) is 0 Å². The van der Waals surface area contributed by atoms with Crippen molar-refractivity contribution in [3.63, 3.8) is 0 Å². The van der Waals surface area contributed by atoms with Crippen molar-refractivity contribution in [3.8, 4) is 5.75 Å². The van der Waals surface area contributed by atoms with Crippen LogP contribution in [0.4, 0.5) is 0 Å². The highest BCUT2D eigenvalue weighted by atomic mass is 35.5. The van der Waals surface area contributed by atoms with Gasteiger partial charge in [-0.2, -0.15) is 0 Å². The van der Waals surface area contributed by atoms with Gasteiger partial charge in [0.2, 0.25) is 0 Å². The molecule has 1 heterocycles. The molecule has 3 nitrogen and oxygen atoms in total. The fraction of sp³-hybridized carbons (Fsp3) is 0.312. The Morgan fingerprint density at radius 3 is 2.60 bits per heavy atom. The molecule has 1 aromatic heterocycles. The van der Waals surface area contributed by atoms with Crippen molar-refractivity contribution in [2.45, 2.75) is 19.9 Å². The molecule has 0 amide bonds. The Morgan fingerprint density at radius 1 is 1.25 bits per heavy atom. The first-order valence-corrected chi connectivity index (χ1v) is 7.03. The van der Waals surface area contributed by atoms with Crippen LogP contribution in [0.15, 0.2) is 36.5 Å². The maximum atomic E-state index is 6.09. The predicted octanol–water partition coefficient (Wildman–Crippen LogP) is 3.75. The zero-order valence-electron chi connectivity index (χ0n) is 12.0. The number of nitrogens with zero attached hydrogens (tertiary/aromatic N) is 1. The van der Waals surface area contributed by atoms with Crippen molar-refractivity contribution in [2.75, 3.05) is 13.7 Å². The van der Waals surface area contributed by atoms with Gasteiger partial charge in [-0.3, -0.25) is 4.98 Å². The van der Waals surface area contributed by atoms with Crippen LogP contribution in [0.5, 0.6) is 5.75 Å². The van der Waals surface area contributed by atoms with Crippen LogP contribution in [-0.2, 0) is 0 Å². The standard InChI is InChI=1S/C16H19ClN2O/c1-4-18-16(13-6-5-11(2)19-10-13)12-7-8-14(17)15(9-12)20-3/h5-10,16,18H,4H2,1-3H3. The van der Waals surface area contributed by atoms with E-state index in [-0.39, 0.29) is 6.04 Å². The van der Waals surface area contributed by atoms with Crippen LogP contribution < -0.4 is 10.1 Å². The Hall–Kier alpha value is -1.58. The lowest BCUT2D eigenvalue weighted by Crippen LogP contribution is -2.22. The first-order chi connectivity index (χ1) is 9.65. The fourth-order valence-electron chi connectivity index (χ4n) is 2.14. The number of aromatic nitrogens is 1. The third kappa shape index (κ3) is 3.30. The lowest BCUT2D eigenvalue weighted by Gasteiger charge is -2.19. The highest BCUT2D eigenvalue weighted by molar-refractivity contribution is 6.32. The molecule has 0 spiro atoms. The number of halogens is 1. The third-order valence-electron chi connectivity index (χ3n) is 3.18. The largest absolute Gasteiger partial charge is 0.495 e. The first-order valence-electron chi connectivity index (χ1n) is 6.65. The minimum absolute atomic E-state index is 0.0827. The van der Waals surface area contributed by atoms with Gasteiger partial charge in [0.1, 0.15) is 5.75 Å². The maximum Gasteiger partial charge on any atom is 0.137 e. The summed E-state index contributed by atoms with van der Waals surface area (Å²) in [5, 5.41) is 4.09. The number of methoxy groups -OCH3 is 1. The molecule has 0 aliphatic rings. The molecule has 4 heteroatoms. The molecular formula is C16H19ClN2O. The molecule has 1 unspecified atom stereocenters. The molecule has 2 aromatic rings. The highest BCUT2D eigenvalue weighted by Gasteiger charge is 2.15. The van der Waals surface area contributed by atoms with Gasteiger partial charge in [0.15, 0.2) is 0 Å². The molecular weight excluding hydrogens is 272 g/mol. The molecule has 0 saturated heterocycles. The lowest BCUT2D eigenvalue weighted by molar-refractivity contribution is 0.414. The van der Waals surface area contributed by atoms with E-state index in [0.717, 1.165) is 23.4 Å². The molecule has 20 heavy (non-hydrogen) atoms. The van der Waals surface area contributed by atoms with Crippen LogP contribution in [-0.4, -0.2) is 18.6 Å². The van der Waals surface area contributed by atoms with Crippen molar-refractivity contribution in [1.82, 2.24) is 10.3 Å². The average molecular weight is 291 g/mol. The third-order valence-corrected chi connectivity index (χ3v) is 3.50. The Balaban J connectivity index is 2.39. The number of hydrogen-bond donors (Lipinski definition) is 1. The number of nitrogens with one attached hydrogen (secondary N) is 1. The van der Waals surface area contributed by atoms with E-state index < -0.39 is 0 Å². The van der Waals surface area contributed by atoms with Crippen molar-refractivity contribution >= 4 is 11.6 Å². The van der Waals surface area contributed by atoms with E-state index in [9.17, 15) is 0 Å². The van der Waals surface area contributed by atoms with E-state index in [1.54, 1.807) is 7.11 Å². The maximum absolute atomic E-state index is 6.09.